The lowest BCUT2D eigenvalue weighted by Crippen LogP contribution is -2.20. The predicted molar refractivity (Wildman–Crippen MR) is 102 cm³/mol. The second kappa shape index (κ2) is 7.91. The maximum atomic E-state index is 12.0. The molecule has 1 N–H and O–H groups in total. The van der Waals surface area contributed by atoms with Gasteiger partial charge in [0.05, 0.1) is 17.6 Å². The molecule has 0 heterocycles. The average Bonchev–Trinajstić information content (AvgIpc) is 2.55. The van der Waals surface area contributed by atoms with E-state index in [1.54, 1.807) is 19.1 Å². The van der Waals surface area contributed by atoms with Crippen LogP contribution in [-0.4, -0.2) is 17.0 Å². The fourth-order valence-electron chi connectivity index (χ4n) is 2.43. The van der Waals surface area contributed by atoms with Crippen molar-refractivity contribution < 1.29 is 9.72 Å². The van der Waals surface area contributed by atoms with E-state index in [1.807, 2.05) is 24.3 Å². The molecule has 0 aliphatic heterocycles. The quantitative estimate of drug-likeness (QED) is 0.503. The molecule has 6 nitrogen and oxygen atoms in total. The van der Waals surface area contributed by atoms with E-state index in [1.165, 1.54) is 17.8 Å². The van der Waals surface area contributed by atoms with E-state index >= 15 is 0 Å². The Balaban J connectivity index is 1.95. The molecule has 136 valence electrons. The van der Waals surface area contributed by atoms with Gasteiger partial charge in [-0.1, -0.05) is 57.2 Å². The van der Waals surface area contributed by atoms with Gasteiger partial charge in [-0.05, 0) is 23.5 Å². The zero-order valence-corrected chi connectivity index (χ0v) is 15.4. The molecule has 0 aliphatic rings. The number of carbonyl (C=O) groups excluding carboxylic acids is 1. The van der Waals surface area contributed by atoms with Crippen LogP contribution >= 0.6 is 0 Å². The standard InChI is InChI=1S/C20H23N3O3/c1-14-5-6-16(11-18(14)23(25)26)13-21-22-19(24)12-15-7-9-17(10-8-15)20(2,3)4/h5-11,13H,12H2,1-4H3,(H,22,24)/b21-13-. The maximum absolute atomic E-state index is 12.0. The smallest absolute Gasteiger partial charge is 0.272 e. The number of nitro groups is 1. The van der Waals surface area contributed by atoms with Gasteiger partial charge in [-0.3, -0.25) is 14.9 Å². The fourth-order valence-corrected chi connectivity index (χ4v) is 2.43. The summed E-state index contributed by atoms with van der Waals surface area (Å²) in [7, 11) is 0. The zero-order valence-electron chi connectivity index (χ0n) is 15.4. The molecule has 26 heavy (non-hydrogen) atoms. The van der Waals surface area contributed by atoms with Crippen LogP contribution in [0.4, 0.5) is 5.69 Å². The molecule has 0 fully saturated rings. The Morgan fingerprint density at radius 3 is 2.42 bits per heavy atom. The number of benzene rings is 2. The van der Waals surface area contributed by atoms with Crippen LogP contribution < -0.4 is 5.43 Å². The molecule has 0 spiro atoms. The van der Waals surface area contributed by atoms with Crippen molar-refractivity contribution in [1.82, 2.24) is 5.43 Å². The lowest BCUT2D eigenvalue weighted by Gasteiger charge is -2.19. The molecule has 0 unspecified atom stereocenters. The van der Waals surface area contributed by atoms with Gasteiger partial charge < -0.3 is 0 Å². The largest absolute Gasteiger partial charge is 0.273 e. The van der Waals surface area contributed by atoms with Gasteiger partial charge >= 0.3 is 0 Å². The Morgan fingerprint density at radius 1 is 1.19 bits per heavy atom. The van der Waals surface area contributed by atoms with Crippen molar-refractivity contribution in [2.75, 3.05) is 0 Å². The molecule has 2 aromatic carbocycles. The minimum absolute atomic E-state index is 0.0271. The molecule has 2 aromatic rings. The number of rotatable bonds is 5. The Kier molecular flexibility index (Phi) is 5.87. The van der Waals surface area contributed by atoms with Gasteiger partial charge in [0.1, 0.15) is 0 Å². The number of hydrazone groups is 1. The van der Waals surface area contributed by atoms with E-state index < -0.39 is 4.92 Å². The molecule has 0 radical (unpaired) electrons. The van der Waals surface area contributed by atoms with Crippen molar-refractivity contribution in [1.29, 1.82) is 0 Å². The normalized spacial score (nSPS) is 11.5. The van der Waals surface area contributed by atoms with Crippen LogP contribution in [0.1, 0.15) is 43.0 Å². The molecule has 0 saturated carbocycles. The third kappa shape index (κ3) is 5.24. The third-order valence-electron chi connectivity index (χ3n) is 4.02. The van der Waals surface area contributed by atoms with Crippen LogP contribution in [0, 0.1) is 17.0 Å². The van der Waals surface area contributed by atoms with E-state index in [9.17, 15) is 14.9 Å². The van der Waals surface area contributed by atoms with Crippen molar-refractivity contribution in [3.8, 4) is 0 Å². The van der Waals surface area contributed by atoms with Crippen LogP contribution in [0.25, 0.3) is 0 Å². The Labute approximate surface area is 153 Å². The predicted octanol–water partition coefficient (Wildman–Crippen LogP) is 3.89. The topological polar surface area (TPSA) is 84.6 Å². The lowest BCUT2D eigenvalue weighted by molar-refractivity contribution is -0.385. The van der Waals surface area contributed by atoms with Crippen LogP contribution in [0.15, 0.2) is 47.6 Å². The summed E-state index contributed by atoms with van der Waals surface area (Å²) in [5.74, 6) is -0.244. The van der Waals surface area contributed by atoms with E-state index in [0.717, 1.165) is 5.56 Å². The van der Waals surface area contributed by atoms with Crippen LogP contribution in [0.3, 0.4) is 0 Å². The number of nitrogens with zero attached hydrogens (tertiary/aromatic N) is 2. The number of hydrogen-bond donors (Lipinski definition) is 1. The second-order valence-electron chi connectivity index (χ2n) is 7.22. The van der Waals surface area contributed by atoms with E-state index in [0.29, 0.717) is 11.1 Å². The highest BCUT2D eigenvalue weighted by molar-refractivity contribution is 5.84. The highest BCUT2D eigenvalue weighted by Gasteiger charge is 2.13. The number of amides is 1. The first-order valence-corrected chi connectivity index (χ1v) is 8.33. The van der Waals surface area contributed by atoms with Crippen LogP contribution in [0.5, 0.6) is 0 Å². The minimum atomic E-state index is -0.438. The molecule has 1 amide bonds. The summed E-state index contributed by atoms with van der Waals surface area (Å²) in [5, 5.41) is 14.8. The molecule has 2 rings (SSSR count). The molecule has 0 saturated heterocycles. The Morgan fingerprint density at radius 2 is 1.85 bits per heavy atom. The minimum Gasteiger partial charge on any atom is -0.273 e. The molecular weight excluding hydrogens is 330 g/mol. The maximum Gasteiger partial charge on any atom is 0.272 e. The summed E-state index contributed by atoms with van der Waals surface area (Å²) >= 11 is 0. The summed E-state index contributed by atoms with van der Waals surface area (Å²) in [5.41, 5.74) is 5.79. The average molecular weight is 353 g/mol. The highest BCUT2D eigenvalue weighted by atomic mass is 16.6. The summed E-state index contributed by atoms with van der Waals surface area (Å²) < 4.78 is 0. The molecule has 0 bridgehead atoms. The molecule has 0 aromatic heterocycles. The van der Waals surface area contributed by atoms with E-state index in [2.05, 4.69) is 31.3 Å². The third-order valence-corrected chi connectivity index (χ3v) is 4.02. The van der Waals surface area contributed by atoms with Gasteiger partial charge in [0, 0.05) is 17.2 Å². The fraction of sp³-hybridized carbons (Fsp3) is 0.300. The number of hydrogen-bond acceptors (Lipinski definition) is 4. The Bertz CT molecular complexity index is 834. The van der Waals surface area contributed by atoms with Gasteiger partial charge in [-0.25, -0.2) is 5.43 Å². The van der Waals surface area contributed by atoms with Crippen molar-refractivity contribution in [2.24, 2.45) is 5.10 Å². The summed E-state index contributed by atoms with van der Waals surface area (Å²) in [4.78, 5) is 22.5. The van der Waals surface area contributed by atoms with Gasteiger partial charge in [0.25, 0.3) is 5.69 Å². The number of carbonyl (C=O) groups is 1. The monoisotopic (exact) mass is 353 g/mol. The van der Waals surface area contributed by atoms with Crippen molar-refractivity contribution in [2.45, 2.75) is 39.5 Å². The lowest BCUT2D eigenvalue weighted by atomic mass is 9.86. The van der Waals surface area contributed by atoms with Crippen LogP contribution in [0.2, 0.25) is 0 Å². The van der Waals surface area contributed by atoms with Gasteiger partial charge in [-0.15, -0.1) is 0 Å². The van der Waals surface area contributed by atoms with Gasteiger partial charge in [-0.2, -0.15) is 5.10 Å². The second-order valence-corrected chi connectivity index (χ2v) is 7.22. The zero-order chi connectivity index (χ0) is 19.3. The highest BCUT2D eigenvalue weighted by Crippen LogP contribution is 2.22. The number of aryl methyl sites for hydroxylation is 1. The first-order valence-electron chi connectivity index (χ1n) is 8.33. The van der Waals surface area contributed by atoms with Gasteiger partial charge in [0.15, 0.2) is 0 Å². The summed E-state index contributed by atoms with van der Waals surface area (Å²) in [6, 6.07) is 12.7. The number of nitrogens with one attached hydrogen (secondary N) is 1. The Hall–Kier alpha value is -3.02. The summed E-state index contributed by atoms with van der Waals surface area (Å²) in [6.07, 6.45) is 1.61. The van der Waals surface area contributed by atoms with Gasteiger partial charge in [0.2, 0.25) is 5.91 Å². The first kappa shape index (κ1) is 19.3. The first-order chi connectivity index (χ1) is 12.2. The molecular formula is C20H23N3O3. The molecule has 0 aliphatic carbocycles. The van der Waals surface area contributed by atoms with Crippen molar-refractivity contribution >= 4 is 17.8 Å². The SMILES string of the molecule is Cc1ccc(/C=N\NC(=O)Cc2ccc(C(C)(C)C)cc2)cc1[N+](=O)[O-]. The van der Waals surface area contributed by atoms with Crippen molar-refractivity contribution in [3.05, 3.63) is 74.8 Å². The number of nitro benzene ring substituents is 1. The van der Waals surface area contributed by atoms with Crippen LogP contribution in [-0.2, 0) is 16.6 Å². The summed E-state index contributed by atoms with van der Waals surface area (Å²) in [6.45, 7) is 8.09. The van der Waals surface area contributed by atoms with E-state index in [-0.39, 0.29) is 23.4 Å². The van der Waals surface area contributed by atoms with E-state index in [4.69, 9.17) is 0 Å². The molecule has 6 heteroatoms. The van der Waals surface area contributed by atoms with Crippen molar-refractivity contribution in [3.63, 3.8) is 0 Å². The molecule has 0 atom stereocenters.